The van der Waals surface area contributed by atoms with E-state index in [0.29, 0.717) is 17.9 Å². The molecule has 6 heteroatoms. The van der Waals surface area contributed by atoms with Crippen molar-refractivity contribution in [2.45, 2.75) is 13.0 Å². The first kappa shape index (κ1) is 18.5. The molecule has 0 radical (unpaired) electrons. The third kappa shape index (κ3) is 4.71. The summed E-state index contributed by atoms with van der Waals surface area (Å²) in [6.45, 7) is 4.20. The largest absolute Gasteiger partial charge is 0.379 e. The van der Waals surface area contributed by atoms with Crippen molar-refractivity contribution in [1.29, 1.82) is 0 Å². The zero-order chi connectivity index (χ0) is 19.3. The number of hydrogen-bond acceptors (Lipinski definition) is 4. The van der Waals surface area contributed by atoms with Gasteiger partial charge in [-0.2, -0.15) is 0 Å². The molecule has 144 valence electrons. The highest BCUT2D eigenvalue weighted by Crippen LogP contribution is 2.18. The number of aromatic nitrogens is 2. The van der Waals surface area contributed by atoms with Gasteiger partial charge in [0.05, 0.1) is 18.9 Å². The van der Waals surface area contributed by atoms with Crippen LogP contribution in [0.5, 0.6) is 0 Å². The van der Waals surface area contributed by atoms with Gasteiger partial charge in [-0.15, -0.1) is 0 Å². The van der Waals surface area contributed by atoms with Gasteiger partial charge in [0.15, 0.2) is 0 Å². The van der Waals surface area contributed by atoms with Gasteiger partial charge in [-0.3, -0.25) is 9.69 Å². The fraction of sp³-hybridized carbons (Fsp3) is 0.273. The van der Waals surface area contributed by atoms with Crippen LogP contribution in [0.3, 0.4) is 0 Å². The summed E-state index contributed by atoms with van der Waals surface area (Å²) in [7, 11) is 0. The maximum Gasteiger partial charge on any atom is 0.251 e. The molecule has 1 fully saturated rings. The normalized spacial score (nSPS) is 14.9. The first-order valence-corrected chi connectivity index (χ1v) is 9.40. The Bertz CT molecular complexity index is 1010. The van der Waals surface area contributed by atoms with Crippen molar-refractivity contribution >= 4 is 0 Å². The minimum Gasteiger partial charge on any atom is -0.379 e. The maximum absolute atomic E-state index is 13.4. The van der Waals surface area contributed by atoms with E-state index in [9.17, 15) is 9.18 Å². The van der Waals surface area contributed by atoms with E-state index >= 15 is 0 Å². The van der Waals surface area contributed by atoms with Crippen molar-refractivity contribution in [3.63, 3.8) is 0 Å². The van der Waals surface area contributed by atoms with Crippen molar-refractivity contribution in [2.75, 3.05) is 26.3 Å². The lowest BCUT2D eigenvalue weighted by molar-refractivity contribution is 0.0342. The summed E-state index contributed by atoms with van der Waals surface area (Å²) in [4.78, 5) is 21.9. The maximum atomic E-state index is 13.4. The summed E-state index contributed by atoms with van der Waals surface area (Å²) in [6, 6.07) is 15.9. The van der Waals surface area contributed by atoms with Gasteiger partial charge in [0.1, 0.15) is 11.6 Å². The first-order valence-electron chi connectivity index (χ1n) is 9.40. The number of ether oxygens (including phenoxy) is 1. The van der Waals surface area contributed by atoms with Gasteiger partial charge in [0, 0.05) is 37.7 Å². The van der Waals surface area contributed by atoms with Crippen LogP contribution in [-0.4, -0.2) is 41.2 Å². The molecule has 0 atom stereocenters. The first-order chi connectivity index (χ1) is 13.7. The molecule has 1 N–H and O–H groups in total. The second-order valence-electron chi connectivity index (χ2n) is 6.98. The number of nitrogens with zero attached hydrogens (tertiary/aromatic N) is 2. The van der Waals surface area contributed by atoms with Crippen LogP contribution in [0.2, 0.25) is 0 Å². The van der Waals surface area contributed by atoms with Crippen LogP contribution in [0.25, 0.3) is 11.4 Å². The predicted octanol–water partition coefficient (Wildman–Crippen LogP) is 3.00. The fourth-order valence-electron chi connectivity index (χ4n) is 3.43. The molecule has 1 aliphatic heterocycles. The SMILES string of the molecule is O=c1cc(Cc2cccc(F)c2)nc(-c2cccc(CN3CCOCC3)c2)[nH]1. The Morgan fingerprint density at radius 1 is 1.04 bits per heavy atom. The van der Waals surface area contributed by atoms with E-state index in [1.165, 1.54) is 18.2 Å². The number of rotatable bonds is 5. The highest BCUT2D eigenvalue weighted by Gasteiger charge is 2.12. The summed E-state index contributed by atoms with van der Waals surface area (Å²) in [5.74, 6) is 0.237. The van der Waals surface area contributed by atoms with E-state index in [2.05, 4.69) is 27.0 Å². The van der Waals surface area contributed by atoms with Gasteiger partial charge in [0.2, 0.25) is 0 Å². The monoisotopic (exact) mass is 379 g/mol. The molecule has 2 aromatic carbocycles. The number of aromatic amines is 1. The number of benzene rings is 2. The highest BCUT2D eigenvalue weighted by atomic mass is 19.1. The molecule has 0 aliphatic carbocycles. The number of nitrogens with one attached hydrogen (secondary N) is 1. The molecule has 0 spiro atoms. The molecule has 2 heterocycles. The van der Waals surface area contributed by atoms with Crippen LogP contribution in [0.4, 0.5) is 4.39 Å². The number of halogens is 1. The zero-order valence-electron chi connectivity index (χ0n) is 15.5. The smallest absolute Gasteiger partial charge is 0.251 e. The van der Waals surface area contributed by atoms with E-state index in [1.54, 1.807) is 6.07 Å². The van der Waals surface area contributed by atoms with Crippen molar-refractivity contribution in [3.05, 3.63) is 87.6 Å². The molecule has 0 amide bonds. The van der Waals surface area contributed by atoms with Gasteiger partial charge < -0.3 is 9.72 Å². The summed E-state index contributed by atoms with van der Waals surface area (Å²) in [6.07, 6.45) is 0.405. The second kappa shape index (κ2) is 8.46. The predicted molar refractivity (Wildman–Crippen MR) is 106 cm³/mol. The molecular weight excluding hydrogens is 357 g/mol. The van der Waals surface area contributed by atoms with Crippen LogP contribution in [0.15, 0.2) is 59.4 Å². The van der Waals surface area contributed by atoms with Crippen molar-refractivity contribution in [1.82, 2.24) is 14.9 Å². The molecule has 1 aliphatic rings. The van der Waals surface area contributed by atoms with Crippen molar-refractivity contribution in [3.8, 4) is 11.4 Å². The lowest BCUT2D eigenvalue weighted by atomic mass is 10.1. The molecule has 1 saturated heterocycles. The average Bonchev–Trinajstić information content (AvgIpc) is 2.69. The Labute approximate surface area is 162 Å². The van der Waals surface area contributed by atoms with E-state index in [0.717, 1.165) is 49.5 Å². The number of hydrogen-bond donors (Lipinski definition) is 1. The van der Waals surface area contributed by atoms with E-state index < -0.39 is 0 Å². The third-order valence-electron chi connectivity index (χ3n) is 4.78. The lowest BCUT2D eigenvalue weighted by Crippen LogP contribution is -2.35. The minimum absolute atomic E-state index is 0.213. The molecular formula is C22H22FN3O2. The van der Waals surface area contributed by atoms with Crippen LogP contribution < -0.4 is 5.56 Å². The highest BCUT2D eigenvalue weighted by molar-refractivity contribution is 5.56. The molecule has 0 bridgehead atoms. The summed E-state index contributed by atoms with van der Waals surface area (Å²) in [5.41, 5.74) is 3.21. The van der Waals surface area contributed by atoms with E-state index in [1.807, 2.05) is 18.2 Å². The van der Waals surface area contributed by atoms with Crippen LogP contribution >= 0.6 is 0 Å². The zero-order valence-corrected chi connectivity index (χ0v) is 15.5. The molecule has 1 aromatic heterocycles. The second-order valence-corrected chi connectivity index (χ2v) is 6.98. The lowest BCUT2D eigenvalue weighted by Gasteiger charge is -2.26. The quantitative estimate of drug-likeness (QED) is 0.740. The topological polar surface area (TPSA) is 58.2 Å². The summed E-state index contributed by atoms with van der Waals surface area (Å²) in [5, 5.41) is 0. The molecule has 4 rings (SSSR count). The van der Waals surface area contributed by atoms with Gasteiger partial charge in [-0.25, -0.2) is 9.37 Å². The van der Waals surface area contributed by atoms with E-state index in [4.69, 9.17) is 4.74 Å². The Balaban J connectivity index is 1.57. The van der Waals surface area contributed by atoms with Crippen LogP contribution in [0.1, 0.15) is 16.8 Å². The fourth-order valence-corrected chi connectivity index (χ4v) is 3.43. The standard InChI is InChI=1S/C22H22FN3O2/c23-19-6-2-3-16(12-19)13-20-14-21(27)25-22(24-20)18-5-1-4-17(11-18)15-26-7-9-28-10-8-26/h1-6,11-12,14H,7-10,13,15H2,(H,24,25,27). The van der Waals surface area contributed by atoms with Crippen LogP contribution in [-0.2, 0) is 17.7 Å². The van der Waals surface area contributed by atoms with Gasteiger partial charge in [-0.05, 0) is 29.3 Å². The Kier molecular flexibility index (Phi) is 5.60. The van der Waals surface area contributed by atoms with Gasteiger partial charge in [-0.1, -0.05) is 30.3 Å². The molecule has 0 unspecified atom stereocenters. The molecule has 5 nitrogen and oxygen atoms in total. The summed E-state index contributed by atoms with van der Waals surface area (Å²) < 4.78 is 18.8. The van der Waals surface area contributed by atoms with Gasteiger partial charge in [0.25, 0.3) is 5.56 Å². The molecule has 0 saturated carbocycles. The molecule has 3 aromatic rings. The number of morpholine rings is 1. The Morgan fingerprint density at radius 3 is 2.64 bits per heavy atom. The third-order valence-corrected chi connectivity index (χ3v) is 4.78. The Hall–Kier alpha value is -2.83. The van der Waals surface area contributed by atoms with Gasteiger partial charge >= 0.3 is 0 Å². The number of H-pyrrole nitrogens is 1. The summed E-state index contributed by atoms with van der Waals surface area (Å²) >= 11 is 0. The average molecular weight is 379 g/mol. The Morgan fingerprint density at radius 2 is 1.82 bits per heavy atom. The van der Waals surface area contributed by atoms with Crippen molar-refractivity contribution < 1.29 is 9.13 Å². The van der Waals surface area contributed by atoms with Crippen molar-refractivity contribution in [2.24, 2.45) is 0 Å². The minimum atomic E-state index is -0.293. The van der Waals surface area contributed by atoms with Crippen LogP contribution in [0, 0.1) is 5.82 Å². The van der Waals surface area contributed by atoms with E-state index in [-0.39, 0.29) is 11.4 Å². The molecule has 28 heavy (non-hydrogen) atoms.